The maximum Gasteiger partial charge on any atom is 0.264 e. The molecule has 0 aliphatic rings. The van der Waals surface area contributed by atoms with Crippen LogP contribution in [0.1, 0.15) is 13.3 Å². The van der Waals surface area contributed by atoms with Crippen molar-refractivity contribution in [3.63, 3.8) is 0 Å². The molecule has 0 saturated heterocycles. The van der Waals surface area contributed by atoms with Crippen molar-refractivity contribution in [1.82, 2.24) is 0 Å². The molecule has 0 saturated carbocycles. The Labute approximate surface area is 160 Å². The van der Waals surface area contributed by atoms with Crippen molar-refractivity contribution in [2.45, 2.75) is 24.3 Å². The van der Waals surface area contributed by atoms with E-state index in [-0.39, 0.29) is 28.6 Å². The molecular weight excluding hydrogens is 402 g/mol. The summed E-state index contributed by atoms with van der Waals surface area (Å²) in [5.74, 6) is -0.734. The molecule has 26 heavy (non-hydrogen) atoms. The van der Waals surface area contributed by atoms with Gasteiger partial charge in [-0.05, 0) is 61.3 Å². The summed E-state index contributed by atoms with van der Waals surface area (Å²) in [4.78, 5) is 2.60. The minimum Gasteiger partial charge on any atom is -0.261 e. The predicted octanol–water partition coefficient (Wildman–Crippen LogP) is 5.42. The largest absolute Gasteiger partial charge is 0.264 e. The summed E-state index contributed by atoms with van der Waals surface area (Å²) < 4.78 is 41.7. The van der Waals surface area contributed by atoms with Crippen LogP contribution in [0.15, 0.2) is 52.5 Å². The molecule has 0 aliphatic heterocycles. The van der Waals surface area contributed by atoms with E-state index in [9.17, 15) is 12.8 Å². The van der Waals surface area contributed by atoms with Crippen LogP contribution < -0.4 is 4.31 Å². The molecule has 0 aliphatic carbocycles. The van der Waals surface area contributed by atoms with Gasteiger partial charge in [0.2, 0.25) is 0 Å². The molecule has 2 aromatic carbocycles. The fraction of sp³-hybridized carbons (Fsp3) is 0.250. The second-order valence-electron chi connectivity index (χ2n) is 5.44. The molecule has 0 amide bonds. The van der Waals surface area contributed by atoms with Crippen LogP contribution >= 0.6 is 23.2 Å². The van der Waals surface area contributed by atoms with Gasteiger partial charge < -0.3 is 0 Å². The molecule has 0 N–H and O–H groups in total. The highest BCUT2D eigenvalue weighted by Crippen LogP contribution is 2.32. The number of rotatable bonds is 7. The van der Waals surface area contributed by atoms with E-state index in [0.717, 1.165) is 10.4 Å². The van der Waals surface area contributed by atoms with Crippen molar-refractivity contribution < 1.29 is 12.8 Å². The van der Waals surface area contributed by atoms with Gasteiger partial charge in [0.15, 0.2) is 0 Å². The molecule has 0 radical (unpaired) electrons. The monoisotopic (exact) mass is 416 g/mol. The number of halogens is 3. The Morgan fingerprint density at radius 1 is 1.19 bits per heavy atom. The number of sulfonamides is 1. The maximum absolute atomic E-state index is 14.4. The van der Waals surface area contributed by atoms with Crippen LogP contribution in [0.4, 0.5) is 10.1 Å². The van der Waals surface area contributed by atoms with Crippen molar-refractivity contribution in [1.29, 1.82) is 0 Å². The Balaban J connectivity index is 2.57. The summed E-state index contributed by atoms with van der Waals surface area (Å²) in [6.45, 7) is 1.66. The molecule has 10 heteroatoms. The zero-order chi connectivity index (χ0) is 19.3. The van der Waals surface area contributed by atoms with E-state index in [4.69, 9.17) is 28.7 Å². The van der Waals surface area contributed by atoms with Gasteiger partial charge in [-0.3, -0.25) is 4.31 Å². The summed E-state index contributed by atoms with van der Waals surface area (Å²) >= 11 is 11.8. The van der Waals surface area contributed by atoms with E-state index >= 15 is 0 Å². The lowest BCUT2D eigenvalue weighted by Crippen LogP contribution is -2.39. The third-order valence-electron chi connectivity index (χ3n) is 3.63. The Morgan fingerprint density at radius 2 is 1.81 bits per heavy atom. The molecule has 0 aromatic heterocycles. The van der Waals surface area contributed by atoms with E-state index in [0.29, 0.717) is 5.02 Å². The van der Waals surface area contributed by atoms with Gasteiger partial charge >= 0.3 is 0 Å². The predicted molar refractivity (Wildman–Crippen MR) is 101 cm³/mol. The molecule has 1 unspecified atom stereocenters. The van der Waals surface area contributed by atoms with Gasteiger partial charge in [0.05, 0.1) is 10.6 Å². The minimum absolute atomic E-state index is 0.0445. The number of anilines is 1. The summed E-state index contributed by atoms with van der Waals surface area (Å²) in [6.07, 6.45) is 0.197. The lowest BCUT2D eigenvalue weighted by Gasteiger charge is -2.30. The molecular formula is C16H15Cl2FN4O2S. The molecule has 138 valence electrons. The van der Waals surface area contributed by atoms with E-state index in [1.807, 2.05) is 0 Å². The lowest BCUT2D eigenvalue weighted by atomic mass is 10.2. The van der Waals surface area contributed by atoms with Crippen LogP contribution in [-0.4, -0.2) is 21.0 Å². The number of nitrogens with zero attached hydrogens (tertiary/aromatic N) is 4. The van der Waals surface area contributed by atoms with Crippen molar-refractivity contribution in [3.8, 4) is 0 Å². The second-order valence-corrected chi connectivity index (χ2v) is 8.13. The number of azide groups is 1. The van der Waals surface area contributed by atoms with Gasteiger partial charge in [-0.1, -0.05) is 28.3 Å². The molecule has 0 fully saturated rings. The molecule has 1 atom stereocenters. The summed E-state index contributed by atoms with van der Waals surface area (Å²) in [5.41, 5.74) is 8.24. The number of hydrogen-bond acceptors (Lipinski definition) is 3. The topological polar surface area (TPSA) is 86.1 Å². The van der Waals surface area contributed by atoms with Crippen LogP contribution in [-0.2, 0) is 10.0 Å². The lowest BCUT2D eigenvalue weighted by molar-refractivity contribution is 0.564. The third kappa shape index (κ3) is 4.59. The van der Waals surface area contributed by atoms with Crippen LogP contribution in [0, 0.1) is 5.82 Å². The van der Waals surface area contributed by atoms with Crippen LogP contribution in [0.5, 0.6) is 0 Å². The molecule has 0 heterocycles. The van der Waals surface area contributed by atoms with Gasteiger partial charge in [0.25, 0.3) is 10.0 Å². The van der Waals surface area contributed by atoms with Crippen molar-refractivity contribution in [2.24, 2.45) is 5.11 Å². The van der Waals surface area contributed by atoms with Crippen molar-refractivity contribution >= 4 is 38.9 Å². The SMILES string of the molecule is CC(CCN=[N+]=[N-])N(c1cc(Cl)ccc1F)S(=O)(=O)c1ccc(Cl)cc1. The van der Waals surface area contributed by atoms with Gasteiger partial charge in [-0.15, -0.1) is 0 Å². The van der Waals surface area contributed by atoms with E-state index in [1.54, 1.807) is 6.92 Å². The normalized spacial score (nSPS) is 12.3. The standard InChI is InChI=1S/C16H15Cl2FN4O2S/c1-11(8-9-21-22-20)23(16-10-13(18)4-7-15(16)19)26(24,25)14-5-2-12(17)3-6-14/h2-7,10-11H,8-9H2,1H3. The smallest absolute Gasteiger partial charge is 0.261 e. The quantitative estimate of drug-likeness (QED) is 0.342. The van der Waals surface area contributed by atoms with Gasteiger partial charge in [0, 0.05) is 27.5 Å². The zero-order valence-corrected chi connectivity index (χ0v) is 16.0. The first kappa shape index (κ1) is 20.3. The van der Waals surface area contributed by atoms with Crippen LogP contribution in [0.2, 0.25) is 10.0 Å². The Morgan fingerprint density at radius 3 is 2.42 bits per heavy atom. The highest BCUT2D eigenvalue weighted by Gasteiger charge is 2.31. The highest BCUT2D eigenvalue weighted by molar-refractivity contribution is 7.92. The zero-order valence-electron chi connectivity index (χ0n) is 13.7. The van der Waals surface area contributed by atoms with Gasteiger partial charge in [0.1, 0.15) is 5.82 Å². The molecule has 2 aromatic rings. The average Bonchev–Trinajstić information content (AvgIpc) is 2.58. The summed E-state index contributed by atoms with van der Waals surface area (Å²) in [5, 5.41) is 3.99. The third-order valence-corrected chi connectivity index (χ3v) is 6.06. The molecule has 6 nitrogen and oxygen atoms in total. The molecule has 0 bridgehead atoms. The van der Waals surface area contributed by atoms with Gasteiger partial charge in [-0.25, -0.2) is 12.8 Å². The number of benzene rings is 2. The summed E-state index contributed by atoms with van der Waals surface area (Å²) in [7, 11) is -4.11. The molecule has 2 rings (SSSR count). The Kier molecular flexibility index (Phi) is 6.72. The number of hydrogen-bond donors (Lipinski definition) is 0. The van der Waals surface area contributed by atoms with Crippen LogP contribution in [0.25, 0.3) is 10.4 Å². The molecule has 0 spiro atoms. The van der Waals surface area contributed by atoms with Crippen molar-refractivity contribution in [2.75, 3.05) is 10.8 Å². The van der Waals surface area contributed by atoms with Gasteiger partial charge in [-0.2, -0.15) is 0 Å². The summed E-state index contributed by atoms with van der Waals surface area (Å²) in [6, 6.07) is 8.54. The van der Waals surface area contributed by atoms with E-state index in [1.165, 1.54) is 36.4 Å². The Bertz CT molecular complexity index is 932. The van der Waals surface area contributed by atoms with Crippen LogP contribution in [0.3, 0.4) is 0 Å². The van der Waals surface area contributed by atoms with Crippen molar-refractivity contribution in [3.05, 3.63) is 68.8 Å². The average molecular weight is 417 g/mol. The fourth-order valence-electron chi connectivity index (χ4n) is 2.39. The van der Waals surface area contributed by atoms with E-state index in [2.05, 4.69) is 10.0 Å². The first-order valence-corrected chi connectivity index (χ1v) is 9.73. The maximum atomic E-state index is 14.4. The Hall–Kier alpha value is -1.99. The first-order valence-electron chi connectivity index (χ1n) is 7.53. The highest BCUT2D eigenvalue weighted by atomic mass is 35.5. The van der Waals surface area contributed by atoms with E-state index < -0.39 is 21.9 Å². The fourth-order valence-corrected chi connectivity index (χ4v) is 4.36. The minimum atomic E-state index is -4.11. The second kappa shape index (κ2) is 8.60. The first-order chi connectivity index (χ1) is 12.3.